The lowest BCUT2D eigenvalue weighted by Crippen LogP contribution is -2.52. The fourth-order valence-corrected chi connectivity index (χ4v) is 6.55. The molecule has 2 heterocycles. The lowest BCUT2D eigenvalue weighted by atomic mass is 9.68. The summed E-state index contributed by atoms with van der Waals surface area (Å²) >= 11 is 1.91. The van der Waals surface area contributed by atoms with Crippen molar-refractivity contribution in [2.75, 3.05) is 51.3 Å². The molecule has 34 heavy (non-hydrogen) atoms. The van der Waals surface area contributed by atoms with Gasteiger partial charge in [0.05, 0.1) is 13.2 Å². The Bertz CT molecular complexity index is 1080. The van der Waals surface area contributed by atoms with E-state index < -0.39 is 0 Å². The molecule has 1 atom stereocenters. The van der Waals surface area contributed by atoms with Crippen LogP contribution in [-0.2, 0) is 4.74 Å². The normalized spacial score (nSPS) is 24.0. The van der Waals surface area contributed by atoms with Crippen molar-refractivity contribution in [2.24, 2.45) is 5.41 Å². The van der Waals surface area contributed by atoms with Crippen molar-refractivity contribution in [2.45, 2.75) is 31.6 Å². The SMILES string of the molecule is CC1=C(Nc2ccc(F)cc2)C=C2CCN(Sc3ccccc3C)CC2(CN2CCOCC2)C1. The molecule has 2 aromatic carbocycles. The zero-order valence-corrected chi connectivity index (χ0v) is 21.0. The quantitative estimate of drug-likeness (QED) is 0.522. The monoisotopic (exact) mass is 479 g/mol. The summed E-state index contributed by atoms with van der Waals surface area (Å²) in [6, 6.07) is 15.3. The molecule has 0 spiro atoms. The largest absolute Gasteiger partial charge is 0.379 e. The summed E-state index contributed by atoms with van der Waals surface area (Å²) in [4.78, 5) is 3.93. The summed E-state index contributed by atoms with van der Waals surface area (Å²) < 4.78 is 21.6. The standard InChI is InChI=1S/C28H34FN3OS/c1-21-5-3-4-6-27(21)34-32-12-11-23-17-26(30-25-9-7-24(29)8-10-25)22(2)18-28(23,20-32)19-31-13-15-33-16-14-31/h3-10,17,30H,11-16,18-20H2,1-2H3. The number of anilines is 1. The van der Waals surface area contributed by atoms with E-state index in [4.69, 9.17) is 4.74 Å². The Kier molecular flexibility index (Phi) is 7.11. The third-order valence-corrected chi connectivity index (χ3v) is 8.47. The second-order valence-corrected chi connectivity index (χ2v) is 11.0. The van der Waals surface area contributed by atoms with Gasteiger partial charge >= 0.3 is 0 Å². The van der Waals surface area contributed by atoms with Gasteiger partial charge in [-0.3, -0.25) is 4.90 Å². The van der Waals surface area contributed by atoms with Gasteiger partial charge in [0, 0.05) is 54.4 Å². The number of rotatable bonds is 6. The van der Waals surface area contributed by atoms with Crippen LogP contribution in [0, 0.1) is 18.2 Å². The fourth-order valence-electron chi connectivity index (χ4n) is 5.43. The maximum Gasteiger partial charge on any atom is 0.123 e. The van der Waals surface area contributed by atoms with Gasteiger partial charge in [0.25, 0.3) is 0 Å². The molecule has 2 fully saturated rings. The number of benzene rings is 2. The average Bonchev–Trinajstić information content (AvgIpc) is 2.83. The lowest BCUT2D eigenvalue weighted by Gasteiger charge is -2.49. The van der Waals surface area contributed by atoms with Crippen molar-refractivity contribution in [1.82, 2.24) is 9.21 Å². The zero-order valence-electron chi connectivity index (χ0n) is 20.1. The van der Waals surface area contributed by atoms with Crippen LogP contribution in [0.25, 0.3) is 0 Å². The van der Waals surface area contributed by atoms with Crippen LogP contribution in [0.2, 0.25) is 0 Å². The summed E-state index contributed by atoms with van der Waals surface area (Å²) in [5.74, 6) is -0.207. The number of piperidine rings is 1. The summed E-state index contributed by atoms with van der Waals surface area (Å²) in [6.45, 7) is 11.2. The number of morpholine rings is 1. The highest BCUT2D eigenvalue weighted by atomic mass is 32.2. The number of aryl methyl sites for hydroxylation is 1. The predicted octanol–water partition coefficient (Wildman–Crippen LogP) is 5.88. The van der Waals surface area contributed by atoms with Crippen LogP contribution in [0.1, 0.15) is 25.3 Å². The number of ether oxygens (including phenoxy) is 1. The van der Waals surface area contributed by atoms with Crippen LogP contribution in [0.15, 0.2) is 76.3 Å². The van der Waals surface area contributed by atoms with E-state index in [1.165, 1.54) is 39.4 Å². The van der Waals surface area contributed by atoms with E-state index in [2.05, 4.69) is 58.7 Å². The van der Waals surface area contributed by atoms with Gasteiger partial charge in [-0.05, 0) is 86.2 Å². The van der Waals surface area contributed by atoms with Gasteiger partial charge in [0.2, 0.25) is 0 Å². The summed E-state index contributed by atoms with van der Waals surface area (Å²) in [5, 5.41) is 3.55. The first-order valence-electron chi connectivity index (χ1n) is 12.2. The molecular formula is C28H34FN3OS. The van der Waals surface area contributed by atoms with Gasteiger partial charge in [-0.2, -0.15) is 0 Å². The van der Waals surface area contributed by atoms with E-state index in [0.29, 0.717) is 0 Å². The summed E-state index contributed by atoms with van der Waals surface area (Å²) in [6.07, 6.45) is 4.48. The molecule has 2 saturated heterocycles. The number of allylic oxidation sites excluding steroid dienone is 2. The van der Waals surface area contributed by atoms with Gasteiger partial charge in [0.15, 0.2) is 0 Å². The molecule has 3 aliphatic rings. The maximum absolute atomic E-state index is 13.4. The number of fused-ring (bicyclic) bond motifs is 1. The van der Waals surface area contributed by atoms with Crippen molar-refractivity contribution >= 4 is 17.6 Å². The Morgan fingerprint density at radius 3 is 2.56 bits per heavy atom. The molecule has 6 heteroatoms. The molecule has 1 N–H and O–H groups in total. The minimum atomic E-state index is -0.207. The van der Waals surface area contributed by atoms with Crippen LogP contribution in [0.5, 0.6) is 0 Å². The molecule has 1 aliphatic carbocycles. The first kappa shape index (κ1) is 23.6. The Balaban J connectivity index is 1.39. The Labute approximate surface area is 207 Å². The molecule has 1 unspecified atom stereocenters. The molecular weight excluding hydrogens is 445 g/mol. The van der Waals surface area contributed by atoms with Gasteiger partial charge in [-0.15, -0.1) is 0 Å². The zero-order chi connectivity index (χ0) is 23.5. The van der Waals surface area contributed by atoms with Gasteiger partial charge in [-0.25, -0.2) is 8.70 Å². The smallest absolute Gasteiger partial charge is 0.123 e. The number of hydrogen-bond acceptors (Lipinski definition) is 5. The highest BCUT2D eigenvalue weighted by molar-refractivity contribution is 7.97. The second kappa shape index (κ2) is 10.2. The van der Waals surface area contributed by atoms with Crippen LogP contribution in [0.4, 0.5) is 10.1 Å². The molecule has 0 bridgehead atoms. The van der Waals surface area contributed by atoms with Crippen LogP contribution >= 0.6 is 11.9 Å². The lowest BCUT2D eigenvalue weighted by molar-refractivity contribution is 0.0155. The van der Waals surface area contributed by atoms with Crippen LogP contribution in [-0.4, -0.2) is 55.1 Å². The average molecular weight is 480 g/mol. The maximum atomic E-state index is 13.4. The molecule has 0 aromatic heterocycles. The van der Waals surface area contributed by atoms with Crippen molar-refractivity contribution in [1.29, 1.82) is 0 Å². The van der Waals surface area contributed by atoms with Gasteiger partial charge in [-0.1, -0.05) is 23.8 Å². The van der Waals surface area contributed by atoms with Crippen molar-refractivity contribution in [3.63, 3.8) is 0 Å². The van der Waals surface area contributed by atoms with Crippen molar-refractivity contribution < 1.29 is 9.13 Å². The number of halogens is 1. The van der Waals surface area contributed by atoms with Gasteiger partial charge < -0.3 is 10.1 Å². The second-order valence-electron chi connectivity index (χ2n) is 9.81. The molecule has 2 aliphatic heterocycles. The third kappa shape index (κ3) is 5.25. The topological polar surface area (TPSA) is 27.7 Å². The molecule has 0 saturated carbocycles. The Hall–Kier alpha value is -2.12. The Morgan fingerprint density at radius 2 is 1.79 bits per heavy atom. The molecule has 4 nitrogen and oxygen atoms in total. The summed E-state index contributed by atoms with van der Waals surface area (Å²) in [5.41, 5.74) is 6.44. The fraction of sp³-hybridized carbons (Fsp3) is 0.429. The first-order valence-corrected chi connectivity index (χ1v) is 13.0. The highest BCUT2D eigenvalue weighted by Gasteiger charge is 2.43. The number of hydrogen-bond donors (Lipinski definition) is 1. The van der Waals surface area contributed by atoms with Crippen LogP contribution in [0.3, 0.4) is 0 Å². The van der Waals surface area contributed by atoms with E-state index in [0.717, 1.165) is 64.5 Å². The van der Waals surface area contributed by atoms with E-state index >= 15 is 0 Å². The molecule has 5 rings (SSSR count). The summed E-state index contributed by atoms with van der Waals surface area (Å²) in [7, 11) is 0. The molecule has 0 amide bonds. The third-order valence-electron chi connectivity index (χ3n) is 7.25. The number of nitrogens with one attached hydrogen (secondary N) is 1. The minimum Gasteiger partial charge on any atom is -0.379 e. The predicted molar refractivity (Wildman–Crippen MR) is 138 cm³/mol. The first-order chi connectivity index (χ1) is 16.5. The molecule has 0 radical (unpaired) electrons. The Morgan fingerprint density at radius 1 is 1.03 bits per heavy atom. The van der Waals surface area contributed by atoms with Crippen molar-refractivity contribution in [3.8, 4) is 0 Å². The van der Waals surface area contributed by atoms with Crippen LogP contribution < -0.4 is 5.32 Å². The van der Waals surface area contributed by atoms with E-state index in [-0.39, 0.29) is 11.2 Å². The van der Waals surface area contributed by atoms with E-state index in [9.17, 15) is 4.39 Å². The minimum absolute atomic E-state index is 0.101. The highest BCUT2D eigenvalue weighted by Crippen LogP contribution is 2.47. The van der Waals surface area contributed by atoms with E-state index in [1.807, 2.05) is 24.1 Å². The van der Waals surface area contributed by atoms with Gasteiger partial charge in [0.1, 0.15) is 5.82 Å². The molecule has 2 aromatic rings. The van der Waals surface area contributed by atoms with Crippen molar-refractivity contribution in [3.05, 3.63) is 82.8 Å². The van der Waals surface area contributed by atoms with E-state index in [1.54, 1.807) is 0 Å². The number of nitrogens with zero attached hydrogens (tertiary/aromatic N) is 2. The molecule has 180 valence electrons.